The Morgan fingerprint density at radius 2 is 1.58 bits per heavy atom. The molecule has 0 saturated heterocycles. The fourth-order valence-electron chi connectivity index (χ4n) is 3.09. The molecule has 0 amide bonds. The number of benzene rings is 2. The highest BCUT2D eigenvalue weighted by molar-refractivity contribution is 5.72. The van der Waals surface area contributed by atoms with Gasteiger partial charge in [-0.25, -0.2) is 4.98 Å². The second kappa shape index (κ2) is 10.1. The first-order valence-corrected chi connectivity index (χ1v) is 9.92. The molecule has 0 aliphatic carbocycles. The Labute approximate surface area is 178 Å². The summed E-state index contributed by atoms with van der Waals surface area (Å²) in [5.41, 5.74) is 2.13. The van der Waals surface area contributed by atoms with E-state index in [0.29, 0.717) is 42.1 Å². The summed E-state index contributed by atoms with van der Waals surface area (Å²) < 4.78 is 44.4. The number of hydrogen-bond acceptors (Lipinski definition) is 3. The number of rotatable bonds is 9. The topological polar surface area (TPSA) is 59.4 Å². The number of ether oxygens (including phenoxy) is 1. The highest BCUT2D eigenvalue weighted by Gasteiger charge is 2.30. The van der Waals surface area contributed by atoms with Gasteiger partial charge in [-0.1, -0.05) is 42.5 Å². The van der Waals surface area contributed by atoms with Crippen molar-refractivity contribution in [1.29, 1.82) is 0 Å². The number of carbonyl (C=O) groups is 1. The molecule has 0 aliphatic rings. The monoisotopic (exact) mass is 429 g/mol. The number of halogens is 3. The van der Waals surface area contributed by atoms with Crippen LogP contribution in [0, 0.1) is 0 Å². The third kappa shape index (κ3) is 6.57. The van der Waals surface area contributed by atoms with E-state index < -0.39 is 17.7 Å². The summed E-state index contributed by atoms with van der Waals surface area (Å²) >= 11 is 0. The van der Waals surface area contributed by atoms with Crippen molar-refractivity contribution >= 4 is 5.97 Å². The third-order valence-electron chi connectivity index (χ3n) is 4.70. The summed E-state index contributed by atoms with van der Waals surface area (Å²) in [6.45, 7) is 0.372. The molecule has 0 atom stereocenters. The number of carboxylic acid groups (broad SMARTS) is 1. The summed E-state index contributed by atoms with van der Waals surface area (Å²) in [5, 5.41) is 8.68. The number of unbranched alkanes of at least 4 members (excludes halogenated alkanes) is 2. The molecule has 1 heterocycles. The normalized spacial score (nSPS) is 11.3. The molecule has 0 saturated carbocycles. The average Bonchev–Trinajstić information content (AvgIpc) is 2.76. The van der Waals surface area contributed by atoms with Crippen LogP contribution in [0.5, 0.6) is 5.88 Å². The van der Waals surface area contributed by atoms with Crippen molar-refractivity contribution < 1.29 is 27.8 Å². The van der Waals surface area contributed by atoms with Gasteiger partial charge in [0, 0.05) is 18.1 Å². The van der Waals surface area contributed by atoms with Crippen molar-refractivity contribution in [2.24, 2.45) is 0 Å². The fourth-order valence-corrected chi connectivity index (χ4v) is 3.09. The van der Waals surface area contributed by atoms with Gasteiger partial charge in [0.25, 0.3) is 0 Å². The third-order valence-corrected chi connectivity index (χ3v) is 4.70. The molecule has 0 radical (unpaired) electrons. The first-order valence-electron chi connectivity index (χ1n) is 9.92. The van der Waals surface area contributed by atoms with Crippen LogP contribution in [0.15, 0.2) is 66.7 Å². The molecule has 0 fully saturated rings. The zero-order valence-electron chi connectivity index (χ0n) is 16.7. The highest BCUT2D eigenvalue weighted by Crippen LogP contribution is 2.33. The van der Waals surface area contributed by atoms with Crippen LogP contribution in [0.4, 0.5) is 13.2 Å². The molecule has 4 nitrogen and oxygen atoms in total. The Balaban J connectivity index is 1.81. The molecule has 31 heavy (non-hydrogen) atoms. The van der Waals surface area contributed by atoms with Crippen molar-refractivity contribution in [1.82, 2.24) is 4.98 Å². The Morgan fingerprint density at radius 1 is 0.871 bits per heavy atom. The maximum Gasteiger partial charge on any atom is 0.416 e. The van der Waals surface area contributed by atoms with Gasteiger partial charge < -0.3 is 9.84 Å². The van der Waals surface area contributed by atoms with Gasteiger partial charge in [0.1, 0.15) is 0 Å². The van der Waals surface area contributed by atoms with E-state index in [4.69, 9.17) is 9.84 Å². The lowest BCUT2D eigenvalue weighted by molar-refractivity contribution is -0.138. The molecule has 0 unspecified atom stereocenters. The summed E-state index contributed by atoms with van der Waals surface area (Å²) in [5.74, 6) is -0.450. The summed E-state index contributed by atoms with van der Waals surface area (Å²) in [7, 11) is 0. The minimum Gasteiger partial charge on any atom is -0.481 e. The number of pyridine rings is 1. The van der Waals surface area contributed by atoms with Crippen molar-refractivity contribution in [3.05, 3.63) is 72.3 Å². The lowest BCUT2D eigenvalue weighted by Gasteiger charge is -2.12. The average molecular weight is 429 g/mol. The predicted molar refractivity (Wildman–Crippen MR) is 112 cm³/mol. The van der Waals surface area contributed by atoms with Crippen LogP contribution in [-0.4, -0.2) is 22.7 Å². The first-order chi connectivity index (χ1) is 14.8. The van der Waals surface area contributed by atoms with Crippen molar-refractivity contribution in [3.8, 4) is 28.3 Å². The van der Waals surface area contributed by atoms with E-state index in [1.165, 1.54) is 12.1 Å². The first kappa shape index (κ1) is 22.3. The Morgan fingerprint density at radius 3 is 2.23 bits per heavy atom. The number of aliphatic carboxylic acids is 1. The molecule has 0 spiro atoms. The maximum absolute atomic E-state index is 12.9. The number of aromatic nitrogens is 1. The molecular weight excluding hydrogens is 407 g/mol. The molecule has 0 bridgehead atoms. The summed E-state index contributed by atoms with van der Waals surface area (Å²) in [6, 6.07) is 17.9. The SMILES string of the molecule is O=C(O)CCCCCOc1cc(-c2ccc(C(F)(F)F)cc2)cc(-c2ccccc2)n1. The zero-order valence-corrected chi connectivity index (χ0v) is 16.7. The number of nitrogens with zero attached hydrogens (tertiary/aromatic N) is 1. The van der Waals surface area contributed by atoms with E-state index in [1.54, 1.807) is 6.07 Å². The largest absolute Gasteiger partial charge is 0.481 e. The Kier molecular flexibility index (Phi) is 7.28. The van der Waals surface area contributed by atoms with Crippen molar-refractivity contribution in [3.63, 3.8) is 0 Å². The van der Waals surface area contributed by atoms with Gasteiger partial charge in [-0.3, -0.25) is 4.79 Å². The number of alkyl halides is 3. The summed E-state index contributed by atoms with van der Waals surface area (Å²) in [6.07, 6.45) is -2.29. The maximum atomic E-state index is 12.9. The minimum absolute atomic E-state index is 0.125. The van der Waals surface area contributed by atoms with Gasteiger partial charge >= 0.3 is 12.1 Å². The van der Waals surface area contributed by atoms with Crippen LogP contribution in [0.2, 0.25) is 0 Å². The van der Waals surface area contributed by atoms with Crippen molar-refractivity contribution in [2.45, 2.75) is 31.9 Å². The molecule has 7 heteroatoms. The van der Waals surface area contributed by atoms with E-state index in [1.807, 2.05) is 36.4 Å². The molecule has 162 valence electrons. The Hall–Kier alpha value is -3.35. The van der Waals surface area contributed by atoms with Crippen LogP contribution in [0.25, 0.3) is 22.4 Å². The quantitative estimate of drug-likeness (QED) is 0.397. The van der Waals surface area contributed by atoms with E-state index in [9.17, 15) is 18.0 Å². The number of carboxylic acids is 1. The van der Waals surface area contributed by atoms with Crippen LogP contribution in [0.3, 0.4) is 0 Å². The zero-order chi connectivity index (χ0) is 22.3. The smallest absolute Gasteiger partial charge is 0.416 e. The molecule has 2 aromatic carbocycles. The van der Waals surface area contributed by atoms with Gasteiger partial charge in [0.05, 0.1) is 17.9 Å². The standard InChI is InChI=1S/C24H22F3NO3/c25-24(26,27)20-12-10-17(11-13-20)19-15-21(18-7-3-1-4-8-18)28-22(16-19)31-14-6-2-5-9-23(29)30/h1,3-4,7-8,10-13,15-16H,2,5-6,9,14H2,(H,29,30). The second-order valence-electron chi connectivity index (χ2n) is 7.07. The number of hydrogen-bond donors (Lipinski definition) is 1. The van der Waals surface area contributed by atoms with E-state index in [-0.39, 0.29) is 6.42 Å². The van der Waals surface area contributed by atoms with E-state index >= 15 is 0 Å². The van der Waals surface area contributed by atoms with Crippen molar-refractivity contribution in [2.75, 3.05) is 6.61 Å². The van der Waals surface area contributed by atoms with E-state index in [2.05, 4.69) is 4.98 Å². The van der Waals surface area contributed by atoms with Gasteiger partial charge in [-0.2, -0.15) is 13.2 Å². The van der Waals surface area contributed by atoms with Crippen LogP contribution >= 0.6 is 0 Å². The molecule has 3 rings (SSSR count). The van der Waals surface area contributed by atoms with Gasteiger partial charge in [0.15, 0.2) is 0 Å². The van der Waals surface area contributed by atoms with Gasteiger partial charge in [-0.05, 0) is 48.6 Å². The van der Waals surface area contributed by atoms with Crippen LogP contribution in [0.1, 0.15) is 31.2 Å². The lowest BCUT2D eigenvalue weighted by Crippen LogP contribution is -2.04. The van der Waals surface area contributed by atoms with Gasteiger partial charge in [0.2, 0.25) is 5.88 Å². The molecule has 0 aliphatic heterocycles. The van der Waals surface area contributed by atoms with E-state index in [0.717, 1.165) is 24.1 Å². The van der Waals surface area contributed by atoms with Gasteiger partial charge in [-0.15, -0.1) is 0 Å². The fraction of sp³-hybridized carbons (Fsp3) is 0.250. The molecule has 1 aromatic heterocycles. The highest BCUT2D eigenvalue weighted by atomic mass is 19.4. The molecular formula is C24H22F3NO3. The second-order valence-corrected chi connectivity index (χ2v) is 7.07. The summed E-state index contributed by atoms with van der Waals surface area (Å²) in [4.78, 5) is 15.1. The Bertz CT molecular complexity index is 1000. The van der Waals surface area contributed by atoms with Crippen LogP contribution in [-0.2, 0) is 11.0 Å². The molecule has 3 aromatic rings. The molecule has 1 N–H and O–H groups in total. The lowest BCUT2D eigenvalue weighted by atomic mass is 10.0. The predicted octanol–water partition coefficient (Wildman–Crippen LogP) is 6.46. The van der Waals surface area contributed by atoms with Crippen LogP contribution < -0.4 is 4.74 Å². The minimum atomic E-state index is -4.39.